The summed E-state index contributed by atoms with van der Waals surface area (Å²) in [4.78, 5) is 0. The first kappa shape index (κ1) is 21.4. The van der Waals surface area contributed by atoms with Gasteiger partial charge in [-0.25, -0.2) is 0 Å². The molecule has 0 atom stereocenters. The Morgan fingerprint density at radius 2 is 1.74 bits per heavy atom. The number of ether oxygens (including phenoxy) is 2. The van der Waals surface area contributed by atoms with Crippen molar-refractivity contribution in [1.29, 1.82) is 0 Å². The third-order valence-electron chi connectivity index (χ3n) is 6.62. The standard InChI is InChI=1S/C26H32N2O3/c1-18-24(19(2)31-28-18)16-21-15-20(7-12-25(21)30-4)17-27-26(13-5-6-14-26)22-8-10-23(29-3)11-9-22/h7-12,15,27H,5-6,13-14,16-17H2,1-4H3. The van der Waals surface area contributed by atoms with Gasteiger partial charge in [0, 0.05) is 24.1 Å². The van der Waals surface area contributed by atoms with Gasteiger partial charge in [0.15, 0.2) is 0 Å². The average Bonchev–Trinajstić information content (AvgIpc) is 3.41. The molecule has 0 unspecified atom stereocenters. The van der Waals surface area contributed by atoms with E-state index in [1.54, 1.807) is 14.2 Å². The van der Waals surface area contributed by atoms with Gasteiger partial charge < -0.3 is 19.3 Å². The minimum atomic E-state index is 0.0218. The molecular formula is C26H32N2O3. The van der Waals surface area contributed by atoms with Crippen LogP contribution >= 0.6 is 0 Å². The van der Waals surface area contributed by atoms with Gasteiger partial charge in [0.25, 0.3) is 0 Å². The third kappa shape index (κ3) is 4.47. The van der Waals surface area contributed by atoms with Crippen LogP contribution in [-0.4, -0.2) is 19.4 Å². The van der Waals surface area contributed by atoms with Gasteiger partial charge in [0.05, 0.1) is 19.9 Å². The van der Waals surface area contributed by atoms with Gasteiger partial charge in [-0.1, -0.05) is 42.3 Å². The molecule has 0 bridgehead atoms. The highest BCUT2D eigenvalue weighted by atomic mass is 16.5. The van der Waals surface area contributed by atoms with Crippen molar-refractivity contribution in [3.8, 4) is 11.5 Å². The Morgan fingerprint density at radius 1 is 1.00 bits per heavy atom. The zero-order chi connectivity index (χ0) is 21.8. The van der Waals surface area contributed by atoms with E-state index in [1.165, 1.54) is 24.0 Å². The molecule has 1 saturated carbocycles. The Kier molecular flexibility index (Phi) is 6.33. The molecule has 1 heterocycles. The molecule has 0 radical (unpaired) electrons. The van der Waals surface area contributed by atoms with Gasteiger partial charge in [0.1, 0.15) is 17.3 Å². The number of hydrogen-bond acceptors (Lipinski definition) is 5. The summed E-state index contributed by atoms with van der Waals surface area (Å²) in [5.74, 6) is 2.66. The van der Waals surface area contributed by atoms with Gasteiger partial charge in [-0.3, -0.25) is 0 Å². The fraction of sp³-hybridized carbons (Fsp3) is 0.423. The van der Waals surface area contributed by atoms with E-state index in [4.69, 9.17) is 14.0 Å². The van der Waals surface area contributed by atoms with Crippen LogP contribution in [0.3, 0.4) is 0 Å². The molecule has 2 aromatic carbocycles. The summed E-state index contributed by atoms with van der Waals surface area (Å²) in [7, 11) is 3.43. The molecule has 31 heavy (non-hydrogen) atoms. The minimum Gasteiger partial charge on any atom is -0.497 e. The zero-order valence-electron chi connectivity index (χ0n) is 19.0. The van der Waals surface area contributed by atoms with E-state index in [0.717, 1.165) is 59.9 Å². The number of benzene rings is 2. The summed E-state index contributed by atoms with van der Waals surface area (Å²) < 4.78 is 16.3. The van der Waals surface area contributed by atoms with Crippen LogP contribution in [0.5, 0.6) is 11.5 Å². The molecule has 0 saturated heterocycles. The minimum absolute atomic E-state index is 0.0218. The first-order valence-corrected chi connectivity index (χ1v) is 11.0. The van der Waals surface area contributed by atoms with Gasteiger partial charge in [-0.15, -0.1) is 0 Å². The number of methoxy groups -OCH3 is 2. The van der Waals surface area contributed by atoms with Gasteiger partial charge in [-0.2, -0.15) is 0 Å². The van der Waals surface area contributed by atoms with Crippen LogP contribution in [0.1, 0.15) is 59.4 Å². The molecule has 0 amide bonds. The largest absolute Gasteiger partial charge is 0.497 e. The number of rotatable bonds is 8. The molecule has 1 aromatic heterocycles. The SMILES string of the molecule is COc1ccc(C2(NCc3ccc(OC)c(Cc4c(C)noc4C)c3)CCCC2)cc1. The first-order valence-electron chi connectivity index (χ1n) is 11.0. The Hall–Kier alpha value is -2.79. The van der Waals surface area contributed by atoms with Crippen molar-refractivity contribution in [2.75, 3.05) is 14.2 Å². The maximum atomic E-state index is 5.63. The van der Waals surface area contributed by atoms with Crippen LogP contribution in [0.2, 0.25) is 0 Å². The second kappa shape index (κ2) is 9.15. The molecule has 1 aliphatic rings. The topological polar surface area (TPSA) is 56.5 Å². The highest BCUT2D eigenvalue weighted by molar-refractivity contribution is 5.42. The molecule has 3 aromatic rings. The lowest BCUT2D eigenvalue weighted by atomic mass is 9.87. The molecule has 1 aliphatic carbocycles. The predicted molar refractivity (Wildman–Crippen MR) is 122 cm³/mol. The van der Waals surface area contributed by atoms with Crippen molar-refractivity contribution in [3.05, 3.63) is 76.2 Å². The molecule has 4 rings (SSSR count). The maximum Gasteiger partial charge on any atom is 0.137 e. The second-order valence-corrected chi connectivity index (χ2v) is 8.50. The van der Waals surface area contributed by atoms with Crippen molar-refractivity contribution in [2.24, 2.45) is 0 Å². The highest BCUT2D eigenvalue weighted by Gasteiger charge is 2.35. The number of nitrogens with zero attached hydrogens (tertiary/aromatic N) is 1. The lowest BCUT2D eigenvalue weighted by Gasteiger charge is -2.31. The van der Waals surface area contributed by atoms with E-state index in [1.807, 2.05) is 13.8 Å². The van der Waals surface area contributed by atoms with Crippen LogP contribution in [-0.2, 0) is 18.5 Å². The van der Waals surface area contributed by atoms with Crippen LogP contribution in [0.15, 0.2) is 47.0 Å². The van der Waals surface area contributed by atoms with Crippen molar-refractivity contribution in [3.63, 3.8) is 0 Å². The van der Waals surface area contributed by atoms with Crippen molar-refractivity contribution >= 4 is 0 Å². The van der Waals surface area contributed by atoms with Crippen molar-refractivity contribution in [2.45, 2.75) is 58.0 Å². The summed E-state index contributed by atoms with van der Waals surface area (Å²) >= 11 is 0. The molecule has 1 fully saturated rings. The molecule has 0 spiro atoms. The monoisotopic (exact) mass is 420 g/mol. The Labute approximate surface area is 184 Å². The van der Waals surface area contributed by atoms with Crippen LogP contribution in [0.25, 0.3) is 0 Å². The smallest absolute Gasteiger partial charge is 0.137 e. The Morgan fingerprint density at radius 3 is 2.35 bits per heavy atom. The van der Waals surface area contributed by atoms with E-state index in [2.05, 4.69) is 52.9 Å². The highest BCUT2D eigenvalue weighted by Crippen LogP contribution is 2.39. The normalized spacial score (nSPS) is 15.2. The molecule has 0 aliphatic heterocycles. The summed E-state index contributed by atoms with van der Waals surface area (Å²) in [6, 6.07) is 15.0. The molecule has 5 heteroatoms. The molecule has 164 valence electrons. The van der Waals surface area contributed by atoms with E-state index in [9.17, 15) is 0 Å². The fourth-order valence-corrected chi connectivity index (χ4v) is 4.75. The van der Waals surface area contributed by atoms with E-state index < -0.39 is 0 Å². The number of aryl methyl sites for hydroxylation is 2. The maximum absolute atomic E-state index is 5.63. The molecule has 1 N–H and O–H groups in total. The van der Waals surface area contributed by atoms with E-state index in [0.29, 0.717) is 0 Å². The van der Waals surface area contributed by atoms with E-state index in [-0.39, 0.29) is 5.54 Å². The Bertz CT molecular complexity index is 998. The average molecular weight is 421 g/mol. The van der Waals surface area contributed by atoms with Gasteiger partial charge >= 0.3 is 0 Å². The first-order chi connectivity index (χ1) is 15.0. The number of nitrogens with one attached hydrogen (secondary N) is 1. The molecule has 5 nitrogen and oxygen atoms in total. The third-order valence-corrected chi connectivity index (χ3v) is 6.62. The summed E-state index contributed by atoms with van der Waals surface area (Å²) in [5.41, 5.74) is 5.84. The number of aromatic nitrogens is 1. The van der Waals surface area contributed by atoms with Gasteiger partial charge in [-0.05, 0) is 61.6 Å². The zero-order valence-corrected chi connectivity index (χ0v) is 19.0. The van der Waals surface area contributed by atoms with Crippen molar-refractivity contribution < 1.29 is 14.0 Å². The Balaban J connectivity index is 1.55. The molecular weight excluding hydrogens is 388 g/mol. The lowest BCUT2D eigenvalue weighted by Crippen LogP contribution is -2.39. The predicted octanol–water partition coefficient (Wildman–Crippen LogP) is 5.46. The summed E-state index contributed by atoms with van der Waals surface area (Å²) in [6.07, 6.45) is 5.56. The van der Waals surface area contributed by atoms with Crippen LogP contribution in [0, 0.1) is 13.8 Å². The summed E-state index contributed by atoms with van der Waals surface area (Å²) in [6.45, 7) is 4.76. The van der Waals surface area contributed by atoms with Crippen LogP contribution < -0.4 is 14.8 Å². The number of hydrogen-bond donors (Lipinski definition) is 1. The van der Waals surface area contributed by atoms with Crippen molar-refractivity contribution in [1.82, 2.24) is 10.5 Å². The second-order valence-electron chi connectivity index (χ2n) is 8.50. The fourth-order valence-electron chi connectivity index (χ4n) is 4.75. The van der Waals surface area contributed by atoms with Gasteiger partial charge in [0.2, 0.25) is 0 Å². The lowest BCUT2D eigenvalue weighted by molar-refractivity contribution is 0.338. The quantitative estimate of drug-likeness (QED) is 0.524. The summed E-state index contributed by atoms with van der Waals surface area (Å²) in [5, 5.41) is 8.00. The van der Waals surface area contributed by atoms with Crippen LogP contribution in [0.4, 0.5) is 0 Å². The van der Waals surface area contributed by atoms with E-state index >= 15 is 0 Å².